The average Bonchev–Trinajstić information content (AvgIpc) is 2.79. The zero-order chi connectivity index (χ0) is 13.5. The summed E-state index contributed by atoms with van der Waals surface area (Å²) >= 11 is 0. The van der Waals surface area contributed by atoms with E-state index in [0.717, 1.165) is 25.1 Å². The molecule has 1 spiro atoms. The van der Waals surface area contributed by atoms with E-state index in [4.69, 9.17) is 4.74 Å². The van der Waals surface area contributed by atoms with Crippen LogP contribution in [0.2, 0.25) is 0 Å². The molecule has 0 radical (unpaired) electrons. The molecular weight excluding hydrogens is 250 g/mol. The second-order valence-corrected chi connectivity index (χ2v) is 6.77. The lowest BCUT2D eigenvalue weighted by molar-refractivity contribution is -0.0450. The number of hydrogen-bond donors (Lipinski definition) is 1. The summed E-state index contributed by atoms with van der Waals surface area (Å²) in [5.41, 5.74) is 2.85. The molecular formula is C17H19NO2. The van der Waals surface area contributed by atoms with E-state index in [0.29, 0.717) is 12.0 Å². The first kappa shape index (κ1) is 11.4. The Kier molecular flexibility index (Phi) is 1.97. The monoisotopic (exact) mass is 269 g/mol. The van der Waals surface area contributed by atoms with Crippen molar-refractivity contribution in [3.8, 4) is 5.75 Å². The number of nitrogens with zero attached hydrogens (tertiary/aromatic N) is 1. The van der Waals surface area contributed by atoms with Crippen LogP contribution in [0.1, 0.15) is 17.5 Å². The number of hydrogen-bond acceptors (Lipinski definition) is 3. The first-order valence-corrected chi connectivity index (χ1v) is 7.57. The third-order valence-corrected chi connectivity index (χ3v) is 6.05. The highest BCUT2D eigenvalue weighted by Gasteiger charge is 2.63. The van der Waals surface area contributed by atoms with E-state index in [9.17, 15) is 5.11 Å². The van der Waals surface area contributed by atoms with Crippen LogP contribution in [-0.4, -0.2) is 41.8 Å². The number of piperidine rings is 1. The number of benzene rings is 1. The molecule has 1 saturated heterocycles. The summed E-state index contributed by atoms with van der Waals surface area (Å²) in [5, 5.41) is 10.4. The Bertz CT molecular complexity index is 625. The van der Waals surface area contributed by atoms with E-state index >= 15 is 0 Å². The summed E-state index contributed by atoms with van der Waals surface area (Å²) in [6.45, 7) is 1.09. The highest BCUT2D eigenvalue weighted by molar-refractivity contribution is 5.56. The maximum atomic E-state index is 10.4. The van der Waals surface area contributed by atoms with Gasteiger partial charge in [0.2, 0.25) is 0 Å². The Labute approximate surface area is 118 Å². The van der Waals surface area contributed by atoms with Gasteiger partial charge in [-0.1, -0.05) is 24.3 Å². The Morgan fingerprint density at radius 2 is 2.25 bits per heavy atom. The van der Waals surface area contributed by atoms with Crippen LogP contribution in [-0.2, 0) is 11.8 Å². The molecule has 4 aliphatic rings. The van der Waals surface area contributed by atoms with Gasteiger partial charge in [0.15, 0.2) is 0 Å². The molecule has 0 amide bonds. The van der Waals surface area contributed by atoms with Crippen LogP contribution in [0.3, 0.4) is 0 Å². The molecule has 1 fully saturated rings. The van der Waals surface area contributed by atoms with Crippen LogP contribution in [0.25, 0.3) is 0 Å². The topological polar surface area (TPSA) is 32.7 Å². The Hall–Kier alpha value is -1.32. The molecule has 5 rings (SSSR count). The molecule has 2 aliphatic heterocycles. The van der Waals surface area contributed by atoms with Gasteiger partial charge in [-0.25, -0.2) is 0 Å². The third-order valence-electron chi connectivity index (χ3n) is 6.05. The van der Waals surface area contributed by atoms with Crippen molar-refractivity contribution in [1.29, 1.82) is 0 Å². The first-order chi connectivity index (χ1) is 9.72. The maximum absolute atomic E-state index is 10.4. The van der Waals surface area contributed by atoms with E-state index < -0.39 is 6.10 Å². The Morgan fingerprint density at radius 1 is 1.35 bits per heavy atom. The first-order valence-electron chi connectivity index (χ1n) is 7.57. The average molecular weight is 269 g/mol. The second kappa shape index (κ2) is 3.46. The fraction of sp³-hybridized carbons (Fsp3) is 0.529. The summed E-state index contributed by atoms with van der Waals surface area (Å²) in [7, 11) is 2.23. The molecule has 2 heterocycles. The summed E-state index contributed by atoms with van der Waals surface area (Å²) in [5.74, 6) is 1.49. The predicted octanol–water partition coefficient (Wildman–Crippen LogP) is 1.49. The highest BCUT2D eigenvalue weighted by Crippen LogP contribution is 2.60. The molecule has 1 aromatic carbocycles. The van der Waals surface area contributed by atoms with Gasteiger partial charge in [-0.15, -0.1) is 0 Å². The van der Waals surface area contributed by atoms with Gasteiger partial charge in [0.05, 0.1) is 0 Å². The van der Waals surface area contributed by atoms with E-state index in [-0.39, 0.29) is 11.5 Å². The summed E-state index contributed by atoms with van der Waals surface area (Å²) < 4.78 is 6.21. The van der Waals surface area contributed by atoms with E-state index in [1.807, 2.05) is 6.08 Å². The second-order valence-electron chi connectivity index (χ2n) is 6.77. The third kappa shape index (κ3) is 1.08. The zero-order valence-corrected chi connectivity index (χ0v) is 11.6. The summed E-state index contributed by atoms with van der Waals surface area (Å²) in [4.78, 5) is 2.49. The SMILES string of the molecule is CN1CCC23c4c5cccc4O[C@H]2[C@@H](O)C=CC3C1C5. The van der Waals surface area contributed by atoms with Crippen LogP contribution in [0.15, 0.2) is 30.4 Å². The minimum Gasteiger partial charge on any atom is -0.486 e. The van der Waals surface area contributed by atoms with Crippen molar-refractivity contribution >= 4 is 0 Å². The Balaban J connectivity index is 1.83. The van der Waals surface area contributed by atoms with Gasteiger partial charge in [-0.2, -0.15) is 0 Å². The highest BCUT2D eigenvalue weighted by atomic mass is 16.5. The fourth-order valence-corrected chi connectivity index (χ4v) is 5.21. The molecule has 20 heavy (non-hydrogen) atoms. The molecule has 5 atom stereocenters. The van der Waals surface area contributed by atoms with E-state index in [1.165, 1.54) is 11.1 Å². The van der Waals surface area contributed by atoms with E-state index in [2.05, 4.69) is 36.2 Å². The molecule has 3 heteroatoms. The lowest BCUT2D eigenvalue weighted by atomic mass is 9.53. The van der Waals surface area contributed by atoms with Crippen LogP contribution >= 0.6 is 0 Å². The molecule has 1 aromatic rings. The summed E-state index contributed by atoms with van der Waals surface area (Å²) in [6.07, 6.45) is 5.83. The normalized spacial score (nSPS) is 44.1. The number of likely N-dealkylation sites (tertiary alicyclic amines) is 1. The van der Waals surface area contributed by atoms with Crippen molar-refractivity contribution in [2.45, 2.75) is 36.5 Å². The van der Waals surface area contributed by atoms with Crippen molar-refractivity contribution in [2.75, 3.05) is 13.6 Å². The van der Waals surface area contributed by atoms with Gasteiger partial charge in [-0.05, 0) is 38.1 Å². The van der Waals surface area contributed by atoms with Crippen LogP contribution in [0.4, 0.5) is 0 Å². The smallest absolute Gasteiger partial charge is 0.138 e. The fourth-order valence-electron chi connectivity index (χ4n) is 5.21. The van der Waals surface area contributed by atoms with Crippen molar-refractivity contribution in [1.82, 2.24) is 4.90 Å². The van der Waals surface area contributed by atoms with Gasteiger partial charge in [0.25, 0.3) is 0 Å². The number of rotatable bonds is 0. The molecule has 2 bridgehead atoms. The largest absolute Gasteiger partial charge is 0.486 e. The van der Waals surface area contributed by atoms with Crippen molar-refractivity contribution in [3.05, 3.63) is 41.5 Å². The lowest BCUT2D eigenvalue weighted by Gasteiger charge is -2.56. The minimum atomic E-state index is -0.478. The quantitative estimate of drug-likeness (QED) is 0.724. The predicted molar refractivity (Wildman–Crippen MR) is 75.9 cm³/mol. The Morgan fingerprint density at radius 3 is 3.15 bits per heavy atom. The van der Waals surface area contributed by atoms with Crippen molar-refractivity contribution in [3.63, 3.8) is 0 Å². The molecule has 104 valence electrons. The van der Waals surface area contributed by atoms with Crippen LogP contribution in [0.5, 0.6) is 5.75 Å². The number of ether oxygens (including phenoxy) is 1. The van der Waals surface area contributed by atoms with E-state index in [1.54, 1.807) is 0 Å². The molecule has 1 N–H and O–H groups in total. The standard InChI is InChI=1S/C17H19NO2/c1-18-8-7-17-11-5-6-13(19)16(17)20-14-4-2-3-10(15(14)17)9-12(11)18/h2-6,11-13,16,19H,7-9H2,1H3/t11?,12?,13-,16-,17?/m0/s1. The van der Waals surface area contributed by atoms with Crippen LogP contribution in [0, 0.1) is 5.92 Å². The van der Waals surface area contributed by atoms with Gasteiger partial charge in [-0.3, -0.25) is 0 Å². The molecule has 3 unspecified atom stereocenters. The molecule has 3 nitrogen and oxygen atoms in total. The maximum Gasteiger partial charge on any atom is 0.138 e. The van der Waals surface area contributed by atoms with Gasteiger partial charge in [0.1, 0.15) is 18.0 Å². The van der Waals surface area contributed by atoms with Gasteiger partial charge >= 0.3 is 0 Å². The van der Waals surface area contributed by atoms with Crippen LogP contribution < -0.4 is 4.74 Å². The molecule has 0 saturated carbocycles. The number of aliphatic hydroxyl groups is 1. The lowest BCUT2D eigenvalue weighted by Crippen LogP contribution is -2.64. The molecule has 2 aliphatic carbocycles. The van der Waals surface area contributed by atoms with Gasteiger partial charge in [0, 0.05) is 22.9 Å². The summed E-state index contributed by atoms with van der Waals surface area (Å²) in [6, 6.07) is 6.96. The van der Waals surface area contributed by atoms with Crippen molar-refractivity contribution in [2.24, 2.45) is 5.92 Å². The minimum absolute atomic E-state index is 0.00944. The number of likely N-dealkylation sites (N-methyl/N-ethyl adjacent to an activating group) is 1. The van der Waals surface area contributed by atoms with Gasteiger partial charge < -0.3 is 14.7 Å². The molecule has 0 aromatic heterocycles. The van der Waals surface area contributed by atoms with Crippen molar-refractivity contribution < 1.29 is 9.84 Å². The number of aliphatic hydroxyl groups excluding tert-OH is 1. The zero-order valence-electron chi connectivity index (χ0n) is 11.6.